The summed E-state index contributed by atoms with van der Waals surface area (Å²) in [5.41, 5.74) is 0.531. The molecular weight excluding hydrogens is 321 g/mol. The van der Waals surface area contributed by atoms with Crippen LogP contribution in [0.1, 0.15) is 24.4 Å². The normalized spacial score (nSPS) is 20.3. The Hall–Kier alpha value is -0.620. The van der Waals surface area contributed by atoms with Gasteiger partial charge in [0.15, 0.2) is 11.6 Å². The van der Waals surface area contributed by atoms with Gasteiger partial charge in [-0.3, -0.25) is 4.90 Å². The van der Waals surface area contributed by atoms with Crippen LogP contribution in [0.3, 0.4) is 0 Å². The summed E-state index contributed by atoms with van der Waals surface area (Å²) in [4.78, 5) is 2.26. The number of phenols is 1. The summed E-state index contributed by atoms with van der Waals surface area (Å²) < 4.78 is 26.7. The zero-order chi connectivity index (χ0) is 13.4. The van der Waals surface area contributed by atoms with Gasteiger partial charge in [-0.25, -0.2) is 4.39 Å². The lowest BCUT2D eigenvalue weighted by Gasteiger charge is -2.35. The van der Waals surface area contributed by atoms with E-state index in [1.165, 1.54) is 6.07 Å². The van der Waals surface area contributed by atoms with Gasteiger partial charge in [0, 0.05) is 37.8 Å². The zero-order valence-corrected chi connectivity index (χ0v) is 13.2. The molecule has 1 aromatic rings. The van der Waals surface area contributed by atoms with Crippen LogP contribution in [0.4, 0.5) is 8.78 Å². The molecule has 3 nitrogen and oxygen atoms in total. The summed E-state index contributed by atoms with van der Waals surface area (Å²) in [5, 5.41) is 13.2. The van der Waals surface area contributed by atoms with Crippen molar-refractivity contribution in [3.63, 3.8) is 0 Å². The summed E-state index contributed by atoms with van der Waals surface area (Å²) in [5.74, 6) is -2.18. The summed E-state index contributed by atoms with van der Waals surface area (Å²) >= 11 is 0. The summed E-state index contributed by atoms with van der Waals surface area (Å²) in [6.45, 7) is 3.54. The van der Waals surface area contributed by atoms with Gasteiger partial charge < -0.3 is 10.4 Å². The van der Waals surface area contributed by atoms with Gasteiger partial charge in [0.1, 0.15) is 0 Å². The van der Waals surface area contributed by atoms with Crippen LogP contribution in [0.15, 0.2) is 12.1 Å². The molecule has 120 valence electrons. The maximum Gasteiger partial charge on any atom is 0.200 e. The van der Waals surface area contributed by atoms with Gasteiger partial charge in [-0.15, -0.1) is 24.8 Å². The van der Waals surface area contributed by atoms with Crippen LogP contribution in [0.5, 0.6) is 5.75 Å². The SMILES string of the molecule is Cl.Cl.Oc1c([C@H](C2CC2)N2CCNCC2)ccc(F)c1F. The molecular formula is C14H20Cl2F2N2O. The van der Waals surface area contributed by atoms with Crippen molar-refractivity contribution in [1.29, 1.82) is 0 Å². The first-order chi connectivity index (χ1) is 9.18. The monoisotopic (exact) mass is 340 g/mol. The molecule has 1 aliphatic carbocycles. The van der Waals surface area contributed by atoms with Crippen molar-refractivity contribution in [2.45, 2.75) is 18.9 Å². The highest BCUT2D eigenvalue weighted by Gasteiger charge is 2.38. The van der Waals surface area contributed by atoms with Crippen molar-refractivity contribution in [2.24, 2.45) is 5.92 Å². The molecule has 1 aliphatic heterocycles. The van der Waals surface area contributed by atoms with Crippen LogP contribution in [-0.4, -0.2) is 36.2 Å². The third-order valence-electron chi connectivity index (χ3n) is 4.03. The van der Waals surface area contributed by atoms with Gasteiger partial charge in [0.25, 0.3) is 0 Å². The molecule has 0 bridgehead atoms. The number of rotatable bonds is 3. The lowest BCUT2D eigenvalue weighted by Crippen LogP contribution is -2.45. The highest BCUT2D eigenvalue weighted by molar-refractivity contribution is 5.85. The standard InChI is InChI=1S/C14H18F2N2O.2ClH/c15-11-4-3-10(14(19)12(11)16)13(9-1-2-9)18-7-5-17-6-8-18;;/h3-4,9,13,17,19H,1-2,5-8H2;2*1H/t13-;;/m0../s1. The highest BCUT2D eigenvalue weighted by Crippen LogP contribution is 2.47. The van der Waals surface area contributed by atoms with Gasteiger partial charge in [-0.05, 0) is 24.8 Å². The molecule has 1 atom stereocenters. The molecule has 0 radical (unpaired) electrons. The number of phenolic OH excluding ortho intramolecular Hbond substituents is 1. The first-order valence-electron chi connectivity index (χ1n) is 6.80. The van der Waals surface area contributed by atoms with E-state index in [2.05, 4.69) is 10.2 Å². The van der Waals surface area contributed by atoms with E-state index in [4.69, 9.17) is 0 Å². The minimum atomic E-state index is -1.13. The second kappa shape index (κ2) is 7.58. The topological polar surface area (TPSA) is 35.5 Å². The molecule has 0 spiro atoms. The fourth-order valence-corrected chi connectivity index (χ4v) is 2.91. The molecule has 1 saturated heterocycles. The maximum atomic E-state index is 13.5. The Balaban J connectivity index is 0.00000110. The number of hydrogen-bond donors (Lipinski definition) is 2. The van der Waals surface area contributed by atoms with E-state index in [0.717, 1.165) is 45.1 Å². The lowest BCUT2D eigenvalue weighted by molar-refractivity contribution is 0.153. The molecule has 0 unspecified atom stereocenters. The average Bonchev–Trinajstić information content (AvgIpc) is 3.25. The van der Waals surface area contributed by atoms with E-state index in [1.54, 1.807) is 0 Å². The van der Waals surface area contributed by atoms with Gasteiger partial charge >= 0.3 is 0 Å². The van der Waals surface area contributed by atoms with Crippen LogP contribution < -0.4 is 5.32 Å². The number of aromatic hydroxyl groups is 1. The van der Waals surface area contributed by atoms with Crippen molar-refractivity contribution in [2.75, 3.05) is 26.2 Å². The Morgan fingerprint density at radius 2 is 1.76 bits per heavy atom. The molecule has 2 fully saturated rings. The second-order valence-corrected chi connectivity index (χ2v) is 5.37. The van der Waals surface area contributed by atoms with Crippen molar-refractivity contribution in [3.8, 4) is 5.75 Å². The number of hydrogen-bond acceptors (Lipinski definition) is 3. The van der Waals surface area contributed by atoms with Gasteiger partial charge in [0.05, 0.1) is 0 Å². The first-order valence-corrected chi connectivity index (χ1v) is 6.80. The number of halogens is 4. The van der Waals surface area contributed by atoms with Gasteiger partial charge in [-0.1, -0.05) is 6.07 Å². The van der Waals surface area contributed by atoms with Gasteiger partial charge in [0.2, 0.25) is 5.82 Å². The quantitative estimate of drug-likeness (QED) is 0.888. The predicted molar refractivity (Wildman–Crippen MR) is 82.4 cm³/mol. The Morgan fingerprint density at radius 1 is 1.14 bits per heavy atom. The second-order valence-electron chi connectivity index (χ2n) is 5.37. The van der Waals surface area contributed by atoms with E-state index in [9.17, 15) is 13.9 Å². The highest BCUT2D eigenvalue weighted by atomic mass is 35.5. The molecule has 2 aliphatic rings. The Bertz CT molecular complexity index is 480. The summed E-state index contributed by atoms with van der Waals surface area (Å²) in [7, 11) is 0. The van der Waals surface area contributed by atoms with Crippen LogP contribution in [0.2, 0.25) is 0 Å². The number of nitrogens with one attached hydrogen (secondary N) is 1. The fourth-order valence-electron chi connectivity index (χ4n) is 2.91. The van der Waals surface area contributed by atoms with E-state index >= 15 is 0 Å². The van der Waals surface area contributed by atoms with Crippen molar-refractivity contribution in [1.82, 2.24) is 10.2 Å². The number of benzene rings is 1. The number of nitrogens with zero attached hydrogens (tertiary/aromatic N) is 1. The molecule has 1 aromatic carbocycles. The van der Waals surface area contributed by atoms with Crippen molar-refractivity contribution in [3.05, 3.63) is 29.3 Å². The van der Waals surface area contributed by atoms with E-state index in [1.807, 2.05) is 0 Å². The molecule has 7 heteroatoms. The van der Waals surface area contributed by atoms with E-state index in [0.29, 0.717) is 11.5 Å². The molecule has 0 aromatic heterocycles. The molecule has 1 heterocycles. The Labute approximate surface area is 135 Å². The average molecular weight is 341 g/mol. The number of piperazine rings is 1. The first kappa shape index (κ1) is 18.4. The summed E-state index contributed by atoms with van der Waals surface area (Å²) in [6.07, 6.45) is 2.18. The smallest absolute Gasteiger partial charge is 0.200 e. The minimum Gasteiger partial charge on any atom is -0.505 e. The molecule has 21 heavy (non-hydrogen) atoms. The minimum absolute atomic E-state index is 0. The molecule has 3 rings (SSSR count). The lowest BCUT2D eigenvalue weighted by atomic mass is 9.98. The molecule has 1 saturated carbocycles. The Kier molecular flexibility index (Phi) is 6.66. The van der Waals surface area contributed by atoms with E-state index in [-0.39, 0.29) is 30.9 Å². The van der Waals surface area contributed by atoms with Crippen LogP contribution in [0.25, 0.3) is 0 Å². The van der Waals surface area contributed by atoms with Crippen LogP contribution >= 0.6 is 24.8 Å². The summed E-state index contributed by atoms with van der Waals surface area (Å²) in [6, 6.07) is 2.65. The third kappa shape index (κ3) is 3.77. The Morgan fingerprint density at radius 3 is 2.33 bits per heavy atom. The fraction of sp³-hybridized carbons (Fsp3) is 0.571. The largest absolute Gasteiger partial charge is 0.505 e. The third-order valence-corrected chi connectivity index (χ3v) is 4.03. The van der Waals surface area contributed by atoms with Crippen LogP contribution in [0, 0.1) is 17.6 Å². The van der Waals surface area contributed by atoms with E-state index < -0.39 is 17.4 Å². The molecule has 0 amide bonds. The van der Waals surface area contributed by atoms with Crippen molar-refractivity contribution >= 4 is 24.8 Å². The molecule has 2 N–H and O–H groups in total. The van der Waals surface area contributed by atoms with Crippen molar-refractivity contribution < 1.29 is 13.9 Å². The zero-order valence-electron chi connectivity index (χ0n) is 11.5. The van der Waals surface area contributed by atoms with Crippen LogP contribution in [-0.2, 0) is 0 Å². The van der Waals surface area contributed by atoms with Gasteiger partial charge in [-0.2, -0.15) is 4.39 Å². The predicted octanol–water partition coefficient (Wildman–Crippen LogP) is 2.87. The maximum absolute atomic E-state index is 13.5.